The fourth-order valence-electron chi connectivity index (χ4n) is 3.41. The Kier molecular flexibility index (Phi) is 7.19. The van der Waals surface area contributed by atoms with Gasteiger partial charge in [0.15, 0.2) is 4.77 Å². The van der Waals surface area contributed by atoms with Crippen LogP contribution in [0.15, 0.2) is 83.7 Å². The largest absolute Gasteiger partial charge is 0.351 e. The average Bonchev–Trinajstić information content (AvgIpc) is 2.82. The van der Waals surface area contributed by atoms with Crippen LogP contribution in [0.25, 0.3) is 10.9 Å². The molecule has 1 amide bonds. The second kappa shape index (κ2) is 10.4. The van der Waals surface area contributed by atoms with Crippen molar-refractivity contribution in [1.82, 2.24) is 14.9 Å². The Morgan fingerprint density at radius 2 is 1.66 bits per heavy atom. The Balaban J connectivity index is 1.41. The number of hydrogen-bond acceptors (Lipinski definition) is 4. The van der Waals surface area contributed by atoms with Gasteiger partial charge in [-0.05, 0) is 41.5 Å². The second-order valence-electron chi connectivity index (χ2n) is 7.36. The predicted octanol–water partition coefficient (Wildman–Crippen LogP) is 4.77. The van der Waals surface area contributed by atoms with Crippen molar-refractivity contribution < 1.29 is 4.79 Å². The van der Waals surface area contributed by atoms with Crippen LogP contribution in [0.3, 0.4) is 0 Å². The van der Waals surface area contributed by atoms with E-state index in [4.69, 9.17) is 12.2 Å². The zero-order valence-electron chi connectivity index (χ0n) is 17.4. The Bertz CT molecular complexity index is 1330. The molecule has 0 radical (unpaired) electrons. The van der Waals surface area contributed by atoms with Gasteiger partial charge in [-0.3, -0.25) is 14.2 Å². The minimum Gasteiger partial charge on any atom is -0.351 e. The number of amides is 1. The highest BCUT2D eigenvalue weighted by atomic mass is 32.2. The third kappa shape index (κ3) is 5.36. The summed E-state index contributed by atoms with van der Waals surface area (Å²) in [5, 5.41) is 3.44. The average molecular weight is 462 g/mol. The molecule has 4 rings (SSSR count). The van der Waals surface area contributed by atoms with Gasteiger partial charge in [-0.2, -0.15) is 11.8 Å². The van der Waals surface area contributed by atoms with E-state index >= 15 is 0 Å². The van der Waals surface area contributed by atoms with E-state index in [0.29, 0.717) is 34.3 Å². The lowest BCUT2D eigenvalue weighted by Crippen LogP contribution is -2.26. The Labute approximate surface area is 195 Å². The summed E-state index contributed by atoms with van der Waals surface area (Å²) in [5.41, 5.74) is 3.16. The first-order chi connectivity index (χ1) is 15.6. The molecule has 0 aliphatic carbocycles. The zero-order chi connectivity index (χ0) is 22.3. The molecule has 0 aliphatic heterocycles. The van der Waals surface area contributed by atoms with Crippen LogP contribution in [0.5, 0.6) is 0 Å². The Morgan fingerprint density at radius 1 is 0.969 bits per heavy atom. The lowest BCUT2D eigenvalue weighted by atomic mass is 10.1. The summed E-state index contributed by atoms with van der Waals surface area (Å²) in [4.78, 5) is 28.6. The van der Waals surface area contributed by atoms with E-state index < -0.39 is 0 Å². The minimum absolute atomic E-state index is 0.167. The third-order valence-corrected chi connectivity index (χ3v) is 6.42. The van der Waals surface area contributed by atoms with Gasteiger partial charge < -0.3 is 10.3 Å². The van der Waals surface area contributed by atoms with E-state index in [2.05, 4.69) is 22.4 Å². The Morgan fingerprint density at radius 3 is 2.38 bits per heavy atom. The number of aromatic nitrogens is 2. The zero-order valence-corrected chi connectivity index (χ0v) is 19.0. The van der Waals surface area contributed by atoms with Gasteiger partial charge >= 0.3 is 0 Å². The number of benzene rings is 3. The molecule has 0 saturated carbocycles. The van der Waals surface area contributed by atoms with Gasteiger partial charge in [0, 0.05) is 23.6 Å². The topological polar surface area (TPSA) is 66.9 Å². The molecule has 0 spiro atoms. The van der Waals surface area contributed by atoms with E-state index in [-0.39, 0.29) is 11.5 Å². The molecule has 0 bridgehead atoms. The van der Waals surface area contributed by atoms with Crippen LogP contribution < -0.4 is 10.9 Å². The predicted molar refractivity (Wildman–Crippen MR) is 134 cm³/mol. The summed E-state index contributed by atoms with van der Waals surface area (Å²) in [6, 6.07) is 25.0. The lowest BCUT2D eigenvalue weighted by Gasteiger charge is -2.10. The lowest BCUT2D eigenvalue weighted by molar-refractivity contribution is 0.0956. The Hall–Kier alpha value is -3.16. The number of carbonyl (C=O) groups is 1. The van der Waals surface area contributed by atoms with Crippen molar-refractivity contribution in [3.05, 3.63) is 111 Å². The van der Waals surface area contributed by atoms with Crippen LogP contribution in [-0.4, -0.2) is 27.8 Å². The van der Waals surface area contributed by atoms with E-state index in [1.807, 2.05) is 48.5 Å². The molecule has 32 heavy (non-hydrogen) atoms. The van der Waals surface area contributed by atoms with Crippen molar-refractivity contribution in [3.8, 4) is 0 Å². The molecule has 4 aromatic rings. The molecule has 0 fully saturated rings. The number of nitrogens with one attached hydrogen (secondary N) is 2. The molecule has 3 aromatic carbocycles. The van der Waals surface area contributed by atoms with Crippen LogP contribution in [0, 0.1) is 4.77 Å². The third-order valence-electron chi connectivity index (χ3n) is 5.07. The van der Waals surface area contributed by atoms with Gasteiger partial charge in [0.25, 0.3) is 11.5 Å². The SMILES string of the molecule is O=C(NCCSCc1ccccc1)c1ccc2c(=O)n(Cc3ccccc3)c(=S)[nH]c2c1. The highest BCUT2D eigenvalue weighted by molar-refractivity contribution is 7.98. The maximum absolute atomic E-state index is 13.0. The highest BCUT2D eigenvalue weighted by Gasteiger charge is 2.10. The maximum atomic E-state index is 13.0. The van der Waals surface area contributed by atoms with Crippen LogP contribution in [0.4, 0.5) is 0 Å². The first-order valence-corrected chi connectivity index (χ1v) is 11.9. The summed E-state index contributed by atoms with van der Waals surface area (Å²) in [7, 11) is 0. The van der Waals surface area contributed by atoms with Gasteiger partial charge in [-0.15, -0.1) is 0 Å². The molecule has 1 heterocycles. The maximum Gasteiger partial charge on any atom is 0.262 e. The first kappa shape index (κ1) is 22.0. The molecule has 0 atom stereocenters. The summed E-state index contributed by atoms with van der Waals surface area (Å²) < 4.78 is 1.87. The van der Waals surface area contributed by atoms with Gasteiger partial charge in [-0.25, -0.2) is 0 Å². The number of fused-ring (bicyclic) bond motifs is 1. The van der Waals surface area contributed by atoms with Gasteiger partial charge in [0.2, 0.25) is 0 Å². The second-order valence-corrected chi connectivity index (χ2v) is 8.85. The summed E-state index contributed by atoms with van der Waals surface area (Å²) in [6.45, 7) is 0.969. The van der Waals surface area contributed by atoms with E-state index in [1.54, 1.807) is 30.0 Å². The number of carbonyl (C=O) groups excluding carboxylic acids is 1. The molecular formula is C25H23N3O2S2. The molecule has 1 aromatic heterocycles. The van der Waals surface area contributed by atoms with Crippen molar-refractivity contribution in [2.45, 2.75) is 12.3 Å². The van der Waals surface area contributed by atoms with Crippen molar-refractivity contribution in [2.24, 2.45) is 0 Å². The standard InChI is InChI=1S/C25H23N3O2S2/c29-23(26-13-14-32-17-19-9-5-2-6-10-19)20-11-12-21-22(15-20)27-25(31)28(24(21)30)16-18-7-3-1-4-8-18/h1-12,15H,13-14,16-17H2,(H,26,29)(H,27,31). The number of aromatic amines is 1. The van der Waals surface area contributed by atoms with Gasteiger partial charge in [0.1, 0.15) is 0 Å². The smallest absolute Gasteiger partial charge is 0.262 e. The molecule has 0 saturated heterocycles. The molecule has 0 unspecified atom stereocenters. The van der Waals surface area contributed by atoms with Crippen LogP contribution in [-0.2, 0) is 12.3 Å². The minimum atomic E-state index is -0.170. The number of thioether (sulfide) groups is 1. The first-order valence-electron chi connectivity index (χ1n) is 10.3. The van der Waals surface area contributed by atoms with Crippen LogP contribution in [0.1, 0.15) is 21.5 Å². The number of hydrogen-bond donors (Lipinski definition) is 2. The molecule has 7 heteroatoms. The van der Waals surface area contributed by atoms with Gasteiger partial charge in [-0.1, -0.05) is 60.7 Å². The van der Waals surface area contributed by atoms with Crippen LogP contribution in [0.2, 0.25) is 0 Å². The summed E-state index contributed by atoms with van der Waals surface area (Å²) >= 11 is 7.19. The molecule has 162 valence electrons. The van der Waals surface area contributed by atoms with Crippen molar-refractivity contribution in [1.29, 1.82) is 0 Å². The highest BCUT2D eigenvalue weighted by Crippen LogP contribution is 2.13. The van der Waals surface area contributed by atoms with Crippen molar-refractivity contribution in [2.75, 3.05) is 12.3 Å². The molecule has 0 aliphatic rings. The normalized spacial score (nSPS) is 10.9. The molecular weight excluding hydrogens is 438 g/mol. The number of rotatable bonds is 8. The summed E-state index contributed by atoms with van der Waals surface area (Å²) in [6.07, 6.45) is 0. The van der Waals surface area contributed by atoms with Crippen molar-refractivity contribution in [3.63, 3.8) is 0 Å². The van der Waals surface area contributed by atoms with Crippen molar-refractivity contribution >= 4 is 40.8 Å². The van der Waals surface area contributed by atoms with Gasteiger partial charge in [0.05, 0.1) is 17.4 Å². The van der Waals surface area contributed by atoms with E-state index in [1.165, 1.54) is 10.1 Å². The number of nitrogens with zero attached hydrogens (tertiary/aromatic N) is 1. The molecule has 2 N–H and O–H groups in total. The fraction of sp³-hybridized carbons (Fsp3) is 0.160. The fourth-order valence-corrected chi connectivity index (χ4v) is 4.48. The quantitative estimate of drug-likeness (QED) is 0.293. The number of H-pyrrole nitrogens is 1. The monoisotopic (exact) mass is 461 g/mol. The van der Waals surface area contributed by atoms with E-state index in [0.717, 1.165) is 17.1 Å². The van der Waals surface area contributed by atoms with E-state index in [9.17, 15) is 9.59 Å². The van der Waals surface area contributed by atoms with Crippen LogP contribution >= 0.6 is 24.0 Å². The molecule has 5 nitrogen and oxygen atoms in total. The summed E-state index contributed by atoms with van der Waals surface area (Å²) in [5.74, 6) is 1.57.